The average Bonchev–Trinajstić information content (AvgIpc) is 2.61. The van der Waals surface area contributed by atoms with E-state index in [-0.39, 0.29) is 5.02 Å². The highest BCUT2D eigenvalue weighted by Crippen LogP contribution is 2.35. The lowest BCUT2D eigenvalue weighted by Crippen LogP contribution is -1.93. The quantitative estimate of drug-likeness (QED) is 0.781. The smallest absolute Gasteiger partial charge is 0.150 e. The number of benzene rings is 1. The number of aliphatic hydroxyl groups excluding tert-OH is 1. The molecule has 80 valence electrons. The topological polar surface area (TPSA) is 20.2 Å². The van der Waals surface area contributed by atoms with Gasteiger partial charge in [0.1, 0.15) is 5.82 Å². The Morgan fingerprint density at radius 3 is 2.80 bits per heavy atom. The largest absolute Gasteiger partial charge is 0.389 e. The summed E-state index contributed by atoms with van der Waals surface area (Å²) in [6.07, 6.45) is 2.57. The Kier molecular flexibility index (Phi) is 3.14. The van der Waals surface area contributed by atoms with E-state index in [9.17, 15) is 9.50 Å². The fourth-order valence-corrected chi connectivity index (χ4v) is 2.17. The number of hydrogen-bond donors (Lipinski definition) is 1. The first-order chi connectivity index (χ1) is 7.09. The molecule has 0 aliphatic heterocycles. The van der Waals surface area contributed by atoms with E-state index in [0.717, 1.165) is 5.57 Å². The van der Waals surface area contributed by atoms with Crippen molar-refractivity contribution in [2.75, 3.05) is 0 Å². The van der Waals surface area contributed by atoms with Crippen LogP contribution in [0.25, 0.3) is 5.57 Å². The van der Waals surface area contributed by atoms with Crippen LogP contribution in [0.4, 0.5) is 4.39 Å². The summed E-state index contributed by atoms with van der Waals surface area (Å²) in [6, 6.07) is 3.39. The molecular weight excluding hydrogens is 282 g/mol. The third kappa shape index (κ3) is 2.10. The molecule has 1 aromatic rings. The van der Waals surface area contributed by atoms with Crippen molar-refractivity contribution in [2.24, 2.45) is 0 Å². The standard InChI is InChI=1S/C11H9BrClFO/c12-9-4-3-8(11(14)10(9)13)6-1-2-7(15)5-6/h3-5,7,15H,1-2H2. The molecule has 0 spiro atoms. The summed E-state index contributed by atoms with van der Waals surface area (Å²) >= 11 is 8.95. The summed E-state index contributed by atoms with van der Waals surface area (Å²) in [7, 11) is 0. The molecule has 0 amide bonds. The van der Waals surface area contributed by atoms with Gasteiger partial charge in [0.05, 0.1) is 11.1 Å². The number of hydrogen-bond acceptors (Lipinski definition) is 1. The predicted octanol–water partition coefficient (Wildman–Crippen LogP) is 3.78. The van der Waals surface area contributed by atoms with Gasteiger partial charge in [-0.25, -0.2) is 4.39 Å². The predicted molar refractivity (Wildman–Crippen MR) is 62.3 cm³/mol. The van der Waals surface area contributed by atoms with E-state index in [1.807, 2.05) is 0 Å². The molecule has 0 saturated carbocycles. The highest BCUT2D eigenvalue weighted by molar-refractivity contribution is 9.10. The Hall–Kier alpha value is -0.380. The molecule has 4 heteroatoms. The zero-order chi connectivity index (χ0) is 11.0. The summed E-state index contributed by atoms with van der Waals surface area (Å²) in [5.74, 6) is -0.425. The van der Waals surface area contributed by atoms with Crippen LogP contribution in [0, 0.1) is 5.82 Å². The second-order valence-electron chi connectivity index (χ2n) is 3.52. The molecule has 1 aliphatic rings. The van der Waals surface area contributed by atoms with Gasteiger partial charge in [-0.3, -0.25) is 0 Å². The van der Waals surface area contributed by atoms with Crippen LogP contribution in [0.15, 0.2) is 22.7 Å². The van der Waals surface area contributed by atoms with E-state index >= 15 is 0 Å². The van der Waals surface area contributed by atoms with E-state index in [1.54, 1.807) is 18.2 Å². The van der Waals surface area contributed by atoms with Crippen LogP contribution in [0.3, 0.4) is 0 Å². The van der Waals surface area contributed by atoms with Crippen molar-refractivity contribution in [2.45, 2.75) is 18.9 Å². The molecule has 0 radical (unpaired) electrons. The zero-order valence-corrected chi connectivity index (χ0v) is 10.1. The molecule has 1 N–H and O–H groups in total. The molecule has 0 saturated heterocycles. The molecule has 1 nitrogen and oxygen atoms in total. The van der Waals surface area contributed by atoms with Crippen molar-refractivity contribution in [1.29, 1.82) is 0 Å². The Balaban J connectivity index is 2.46. The maximum absolute atomic E-state index is 13.8. The fraction of sp³-hybridized carbons (Fsp3) is 0.273. The molecular formula is C11H9BrClFO. The van der Waals surface area contributed by atoms with Crippen molar-refractivity contribution >= 4 is 33.1 Å². The first-order valence-corrected chi connectivity index (χ1v) is 5.79. The SMILES string of the molecule is OC1C=C(c2ccc(Br)c(Cl)c2F)CC1. The third-order valence-electron chi connectivity index (χ3n) is 2.48. The van der Waals surface area contributed by atoms with E-state index in [2.05, 4.69) is 15.9 Å². The molecule has 0 bridgehead atoms. The van der Waals surface area contributed by atoms with E-state index in [4.69, 9.17) is 11.6 Å². The van der Waals surface area contributed by atoms with Gasteiger partial charge in [-0.2, -0.15) is 0 Å². The van der Waals surface area contributed by atoms with Crippen molar-refractivity contribution in [3.63, 3.8) is 0 Å². The fourth-order valence-electron chi connectivity index (χ4n) is 1.70. The lowest BCUT2D eigenvalue weighted by atomic mass is 10.1. The van der Waals surface area contributed by atoms with Crippen LogP contribution in [0.1, 0.15) is 18.4 Å². The minimum atomic E-state index is -0.457. The molecule has 1 atom stereocenters. The van der Waals surface area contributed by atoms with Crippen LogP contribution >= 0.6 is 27.5 Å². The number of rotatable bonds is 1. The van der Waals surface area contributed by atoms with Crippen LogP contribution in [-0.2, 0) is 0 Å². The third-order valence-corrected chi connectivity index (χ3v) is 3.74. The second-order valence-corrected chi connectivity index (χ2v) is 4.75. The van der Waals surface area contributed by atoms with Crippen LogP contribution in [0.2, 0.25) is 5.02 Å². The molecule has 15 heavy (non-hydrogen) atoms. The van der Waals surface area contributed by atoms with E-state index in [0.29, 0.717) is 22.9 Å². The highest BCUT2D eigenvalue weighted by atomic mass is 79.9. The Morgan fingerprint density at radius 1 is 1.47 bits per heavy atom. The van der Waals surface area contributed by atoms with Gasteiger partial charge in [0.15, 0.2) is 0 Å². The van der Waals surface area contributed by atoms with Gasteiger partial charge in [0.25, 0.3) is 0 Å². The molecule has 2 rings (SSSR count). The Morgan fingerprint density at radius 2 is 2.20 bits per heavy atom. The van der Waals surface area contributed by atoms with E-state index in [1.165, 1.54) is 0 Å². The maximum Gasteiger partial charge on any atom is 0.150 e. The van der Waals surface area contributed by atoms with Gasteiger partial charge >= 0.3 is 0 Å². The van der Waals surface area contributed by atoms with E-state index < -0.39 is 11.9 Å². The molecule has 0 aromatic heterocycles. The minimum absolute atomic E-state index is 0.0924. The van der Waals surface area contributed by atoms with Crippen molar-refractivity contribution in [3.8, 4) is 0 Å². The Bertz CT molecular complexity index is 431. The molecule has 1 aromatic carbocycles. The second kappa shape index (κ2) is 4.24. The van der Waals surface area contributed by atoms with Crippen LogP contribution in [-0.4, -0.2) is 11.2 Å². The lowest BCUT2D eigenvalue weighted by molar-refractivity contribution is 0.223. The molecule has 1 unspecified atom stereocenters. The van der Waals surface area contributed by atoms with Gasteiger partial charge in [-0.15, -0.1) is 0 Å². The molecule has 0 fully saturated rings. The van der Waals surface area contributed by atoms with Gasteiger partial charge in [0.2, 0.25) is 0 Å². The minimum Gasteiger partial charge on any atom is -0.389 e. The monoisotopic (exact) mass is 290 g/mol. The summed E-state index contributed by atoms with van der Waals surface area (Å²) in [5, 5.41) is 9.43. The van der Waals surface area contributed by atoms with Gasteiger partial charge < -0.3 is 5.11 Å². The van der Waals surface area contributed by atoms with Gasteiger partial charge in [-0.05, 0) is 40.4 Å². The van der Waals surface area contributed by atoms with Gasteiger partial charge in [0, 0.05) is 10.0 Å². The number of halogens is 3. The Labute approximate surface area is 101 Å². The highest BCUT2D eigenvalue weighted by Gasteiger charge is 2.19. The first kappa shape index (κ1) is 11.1. The van der Waals surface area contributed by atoms with Crippen LogP contribution in [0.5, 0.6) is 0 Å². The normalized spacial score (nSPS) is 20.5. The molecule has 0 heterocycles. The lowest BCUT2D eigenvalue weighted by Gasteiger charge is -2.06. The van der Waals surface area contributed by atoms with Gasteiger partial charge in [-0.1, -0.05) is 23.7 Å². The summed E-state index contributed by atoms with van der Waals surface area (Å²) < 4.78 is 14.3. The van der Waals surface area contributed by atoms with Crippen LogP contribution < -0.4 is 0 Å². The zero-order valence-electron chi connectivity index (χ0n) is 7.80. The average molecular weight is 292 g/mol. The number of allylic oxidation sites excluding steroid dienone is 1. The number of aliphatic hydroxyl groups is 1. The van der Waals surface area contributed by atoms with Crippen molar-refractivity contribution < 1.29 is 9.50 Å². The summed E-state index contributed by atoms with van der Waals surface area (Å²) in [6.45, 7) is 0. The maximum atomic E-state index is 13.8. The van der Waals surface area contributed by atoms with Crippen molar-refractivity contribution in [1.82, 2.24) is 0 Å². The summed E-state index contributed by atoms with van der Waals surface area (Å²) in [5.41, 5.74) is 1.31. The summed E-state index contributed by atoms with van der Waals surface area (Å²) in [4.78, 5) is 0. The first-order valence-electron chi connectivity index (χ1n) is 4.62. The molecule has 1 aliphatic carbocycles. The van der Waals surface area contributed by atoms with Crippen molar-refractivity contribution in [3.05, 3.63) is 39.1 Å².